The van der Waals surface area contributed by atoms with Crippen molar-refractivity contribution < 1.29 is 44.3 Å². The fourth-order valence-electron chi connectivity index (χ4n) is 0.499. The monoisotopic (exact) mass is 282 g/mol. The number of ketones is 1. The molecule has 0 aliphatic carbocycles. The van der Waals surface area contributed by atoms with E-state index in [1.54, 1.807) is 0 Å². The zero-order valence-electron chi connectivity index (χ0n) is 6.69. The molecule has 0 saturated carbocycles. The van der Waals surface area contributed by atoms with Gasteiger partial charge in [-0.1, -0.05) is 0 Å². The fourth-order valence-corrected chi connectivity index (χ4v) is 0.617. The lowest BCUT2D eigenvalue weighted by Gasteiger charge is -2.27. The number of hydrogen-bond donors (Lipinski definition) is 0. The van der Waals surface area contributed by atoms with Crippen molar-refractivity contribution in [3.05, 3.63) is 0 Å². The molecule has 0 aromatic rings. The molecule has 0 N–H and O–H groups in total. The molecule has 0 amide bonds. The largest absolute Gasteiger partial charge is 0.460 e. The second-order valence-electron chi connectivity index (χ2n) is 2.47. The summed E-state index contributed by atoms with van der Waals surface area (Å²) in [6, 6.07) is 0. The van der Waals surface area contributed by atoms with E-state index in [0.29, 0.717) is 0 Å². The maximum atomic E-state index is 12.2. The summed E-state index contributed by atoms with van der Waals surface area (Å²) in [6.07, 6.45) is -6.87. The van der Waals surface area contributed by atoms with Crippen LogP contribution in [0.3, 0.4) is 0 Å². The highest BCUT2D eigenvalue weighted by Crippen LogP contribution is 2.49. The van der Waals surface area contributed by atoms with Crippen LogP contribution >= 0.6 is 11.6 Å². The van der Waals surface area contributed by atoms with Crippen molar-refractivity contribution in [3.8, 4) is 0 Å². The van der Waals surface area contributed by atoms with Crippen LogP contribution in [-0.4, -0.2) is 29.2 Å². The standard InChI is InChI=1S/C5ClF9O/c6-3(9,10)1(16)2(7,8)4(11,12)5(13,14)15. The van der Waals surface area contributed by atoms with Gasteiger partial charge in [0, 0.05) is 0 Å². The quantitative estimate of drug-likeness (QED) is 0.574. The van der Waals surface area contributed by atoms with Crippen molar-refractivity contribution in [2.75, 3.05) is 0 Å². The number of hydrogen-bond acceptors (Lipinski definition) is 1. The Morgan fingerprint density at radius 3 is 1.31 bits per heavy atom. The summed E-state index contributed by atoms with van der Waals surface area (Å²) in [5, 5.41) is -5.53. The molecule has 0 radical (unpaired) electrons. The van der Waals surface area contributed by atoms with Crippen LogP contribution in [0.5, 0.6) is 0 Å². The van der Waals surface area contributed by atoms with Gasteiger partial charge in [-0.05, 0) is 11.6 Å². The molecule has 0 rings (SSSR count). The van der Waals surface area contributed by atoms with Gasteiger partial charge in [0.1, 0.15) is 0 Å². The van der Waals surface area contributed by atoms with Crippen LogP contribution in [0.4, 0.5) is 39.5 Å². The molecule has 0 spiro atoms. The Labute approximate surface area is 86.2 Å². The van der Waals surface area contributed by atoms with E-state index in [1.165, 1.54) is 0 Å². The van der Waals surface area contributed by atoms with E-state index in [1.807, 2.05) is 0 Å². The van der Waals surface area contributed by atoms with Gasteiger partial charge < -0.3 is 0 Å². The average molecular weight is 282 g/mol. The van der Waals surface area contributed by atoms with E-state index < -0.39 is 29.2 Å². The highest BCUT2D eigenvalue weighted by molar-refractivity contribution is 6.33. The molecule has 0 heterocycles. The first-order chi connectivity index (χ1) is 6.65. The lowest BCUT2D eigenvalue weighted by Crippen LogP contribution is -2.59. The first-order valence-corrected chi connectivity index (χ1v) is 3.47. The van der Waals surface area contributed by atoms with Gasteiger partial charge in [-0.25, -0.2) is 0 Å². The molecule has 0 bridgehead atoms. The molecule has 0 aromatic carbocycles. The Bertz CT molecular complexity index is 287. The Hall–Kier alpha value is -0.670. The van der Waals surface area contributed by atoms with Crippen LogP contribution in [-0.2, 0) is 4.79 Å². The van der Waals surface area contributed by atoms with E-state index >= 15 is 0 Å². The van der Waals surface area contributed by atoms with Gasteiger partial charge in [0.2, 0.25) is 0 Å². The number of alkyl halides is 10. The second kappa shape index (κ2) is 3.67. The molecule has 96 valence electrons. The SMILES string of the molecule is O=C(C(F)(F)Cl)C(F)(F)C(F)(F)C(F)(F)F. The zero-order chi connectivity index (χ0) is 13.6. The van der Waals surface area contributed by atoms with Crippen molar-refractivity contribution >= 4 is 17.4 Å². The molecule has 0 saturated heterocycles. The molecule has 0 aliphatic rings. The minimum atomic E-state index is -6.94. The number of carbonyl (C=O) groups excluding carboxylic acids is 1. The van der Waals surface area contributed by atoms with Crippen LogP contribution in [0.25, 0.3) is 0 Å². The molecular weight excluding hydrogens is 282 g/mol. The molecule has 0 fully saturated rings. The summed E-state index contributed by atoms with van der Waals surface area (Å²) in [6.45, 7) is 0. The molecule has 0 aromatic heterocycles. The normalized spacial score (nSPS) is 15.1. The summed E-state index contributed by atoms with van der Waals surface area (Å²) in [5.41, 5.74) is 0. The van der Waals surface area contributed by atoms with Gasteiger partial charge in [-0.3, -0.25) is 4.79 Å². The molecule has 1 nitrogen and oxygen atoms in total. The van der Waals surface area contributed by atoms with Crippen molar-refractivity contribution in [2.45, 2.75) is 23.4 Å². The summed E-state index contributed by atoms with van der Waals surface area (Å²) < 4.78 is 106. The molecule has 0 unspecified atom stereocenters. The van der Waals surface area contributed by atoms with E-state index in [-0.39, 0.29) is 0 Å². The number of halogens is 10. The van der Waals surface area contributed by atoms with Crippen LogP contribution < -0.4 is 0 Å². The predicted octanol–water partition coefficient (Wildman–Crippen LogP) is 3.22. The summed E-state index contributed by atoms with van der Waals surface area (Å²) >= 11 is 3.66. The van der Waals surface area contributed by atoms with E-state index in [4.69, 9.17) is 0 Å². The lowest BCUT2D eigenvalue weighted by atomic mass is 10.1. The van der Waals surface area contributed by atoms with Gasteiger partial charge in [0.25, 0.3) is 5.78 Å². The van der Waals surface area contributed by atoms with Gasteiger partial charge in [0.15, 0.2) is 0 Å². The maximum Gasteiger partial charge on any atom is 0.460 e. The lowest BCUT2D eigenvalue weighted by molar-refractivity contribution is -0.345. The Morgan fingerprint density at radius 2 is 1.12 bits per heavy atom. The Morgan fingerprint density at radius 1 is 0.812 bits per heavy atom. The van der Waals surface area contributed by atoms with Crippen LogP contribution in [0, 0.1) is 0 Å². The maximum absolute atomic E-state index is 12.2. The van der Waals surface area contributed by atoms with Gasteiger partial charge in [-0.2, -0.15) is 39.5 Å². The molecule has 0 atom stereocenters. The third-order valence-corrected chi connectivity index (χ3v) is 1.46. The third kappa shape index (κ3) is 2.36. The van der Waals surface area contributed by atoms with E-state index in [9.17, 15) is 44.3 Å². The fraction of sp³-hybridized carbons (Fsp3) is 0.800. The third-order valence-electron chi connectivity index (χ3n) is 1.29. The first kappa shape index (κ1) is 15.3. The Kier molecular flexibility index (Phi) is 3.52. The average Bonchev–Trinajstić information content (AvgIpc) is 1.98. The van der Waals surface area contributed by atoms with Crippen molar-refractivity contribution in [1.29, 1.82) is 0 Å². The summed E-state index contributed by atoms with van der Waals surface area (Å²) in [7, 11) is 0. The van der Waals surface area contributed by atoms with Crippen molar-refractivity contribution in [1.82, 2.24) is 0 Å². The topological polar surface area (TPSA) is 17.1 Å². The highest BCUT2D eigenvalue weighted by atomic mass is 35.5. The Balaban J connectivity index is 5.46. The van der Waals surface area contributed by atoms with Gasteiger partial charge in [0.05, 0.1) is 0 Å². The van der Waals surface area contributed by atoms with Gasteiger partial charge in [-0.15, -0.1) is 0 Å². The van der Waals surface area contributed by atoms with Crippen LogP contribution in [0.2, 0.25) is 0 Å². The smallest absolute Gasteiger partial charge is 0.284 e. The molecule has 11 heteroatoms. The highest BCUT2D eigenvalue weighted by Gasteiger charge is 2.78. The molecule has 0 aliphatic heterocycles. The predicted molar refractivity (Wildman–Crippen MR) is 31.8 cm³/mol. The van der Waals surface area contributed by atoms with E-state index in [0.717, 1.165) is 0 Å². The zero-order valence-corrected chi connectivity index (χ0v) is 7.44. The van der Waals surface area contributed by atoms with Crippen LogP contribution in [0.15, 0.2) is 0 Å². The second-order valence-corrected chi connectivity index (χ2v) is 2.95. The minimum absolute atomic E-state index is 3.66. The molecular formula is C5ClF9O. The van der Waals surface area contributed by atoms with Crippen LogP contribution in [0.1, 0.15) is 0 Å². The van der Waals surface area contributed by atoms with Crippen molar-refractivity contribution in [2.24, 2.45) is 0 Å². The minimum Gasteiger partial charge on any atom is -0.284 e. The number of carbonyl (C=O) groups is 1. The molecule has 16 heavy (non-hydrogen) atoms. The van der Waals surface area contributed by atoms with E-state index in [2.05, 4.69) is 11.6 Å². The summed E-state index contributed by atoms with van der Waals surface area (Å²) in [5.74, 6) is -17.6. The van der Waals surface area contributed by atoms with Gasteiger partial charge >= 0.3 is 23.4 Å². The summed E-state index contributed by atoms with van der Waals surface area (Å²) in [4.78, 5) is 9.97. The number of rotatable bonds is 3. The first-order valence-electron chi connectivity index (χ1n) is 3.09. The van der Waals surface area contributed by atoms with Crippen molar-refractivity contribution in [3.63, 3.8) is 0 Å². The number of Topliss-reactive ketones (excluding diaryl/α,β-unsaturated/α-hetero) is 1.